The first-order valence-electron chi connectivity index (χ1n) is 4.37. The molecule has 0 saturated heterocycles. The first-order chi connectivity index (χ1) is 6.93. The molecule has 0 fully saturated rings. The highest BCUT2D eigenvalue weighted by molar-refractivity contribution is 7.99. The lowest BCUT2D eigenvalue weighted by Gasteiger charge is -2.04. The summed E-state index contributed by atoms with van der Waals surface area (Å²) in [6.07, 6.45) is 1.70. The molecule has 3 rings (SSSR count). The van der Waals surface area contributed by atoms with E-state index in [1.807, 2.05) is 12.1 Å². The summed E-state index contributed by atoms with van der Waals surface area (Å²) < 4.78 is 4.93. The number of anilines is 1. The van der Waals surface area contributed by atoms with Crippen molar-refractivity contribution in [2.75, 3.05) is 5.32 Å². The van der Waals surface area contributed by atoms with E-state index in [1.165, 1.54) is 4.90 Å². The van der Waals surface area contributed by atoms with Gasteiger partial charge in [0.15, 0.2) is 0 Å². The number of hydrogen-bond acceptors (Lipinski definition) is 4. The van der Waals surface area contributed by atoms with Crippen molar-refractivity contribution >= 4 is 17.4 Å². The van der Waals surface area contributed by atoms with E-state index in [-0.39, 0.29) is 0 Å². The van der Waals surface area contributed by atoms with Gasteiger partial charge in [-0.05, 0) is 12.1 Å². The van der Waals surface area contributed by atoms with Crippen molar-refractivity contribution in [2.45, 2.75) is 16.5 Å². The molecule has 1 aliphatic heterocycles. The zero-order valence-electron chi connectivity index (χ0n) is 7.36. The molecule has 2 aromatic rings. The molecule has 0 spiro atoms. The van der Waals surface area contributed by atoms with Gasteiger partial charge < -0.3 is 9.84 Å². The molecule has 4 heteroatoms. The summed E-state index contributed by atoms with van der Waals surface area (Å²) in [5, 5.41) is 8.27. The van der Waals surface area contributed by atoms with Crippen LogP contribution in [0.3, 0.4) is 0 Å². The molecular formula is C10H8N2OS. The molecule has 0 radical (unpaired) electrons. The Labute approximate surface area is 85.5 Å². The van der Waals surface area contributed by atoms with Gasteiger partial charge in [0.05, 0.1) is 0 Å². The quantitative estimate of drug-likeness (QED) is 0.716. The average Bonchev–Trinajstić information content (AvgIpc) is 2.58. The van der Waals surface area contributed by atoms with Crippen LogP contribution in [0.5, 0.6) is 0 Å². The third-order valence-electron chi connectivity index (χ3n) is 2.17. The highest BCUT2D eigenvalue weighted by Crippen LogP contribution is 2.37. The van der Waals surface area contributed by atoms with Gasteiger partial charge in [-0.1, -0.05) is 29.1 Å². The van der Waals surface area contributed by atoms with Gasteiger partial charge in [-0.15, -0.1) is 0 Å². The average molecular weight is 204 g/mol. The second-order valence-corrected chi connectivity index (χ2v) is 4.13. The van der Waals surface area contributed by atoms with Crippen molar-refractivity contribution in [3.63, 3.8) is 0 Å². The highest BCUT2D eigenvalue weighted by Gasteiger charge is 2.15. The maximum atomic E-state index is 4.93. The summed E-state index contributed by atoms with van der Waals surface area (Å²) in [7, 11) is 0. The smallest absolute Gasteiger partial charge is 0.149 e. The van der Waals surface area contributed by atoms with Crippen LogP contribution in [0, 0.1) is 0 Å². The van der Waals surface area contributed by atoms with E-state index >= 15 is 0 Å². The number of hydrogen-bond donors (Lipinski definition) is 1. The van der Waals surface area contributed by atoms with Gasteiger partial charge in [0.2, 0.25) is 0 Å². The zero-order chi connectivity index (χ0) is 9.38. The van der Waals surface area contributed by atoms with Crippen LogP contribution in [0.15, 0.2) is 45.0 Å². The van der Waals surface area contributed by atoms with Gasteiger partial charge in [-0.3, -0.25) is 0 Å². The molecule has 0 saturated carbocycles. The molecule has 0 unspecified atom stereocenters. The van der Waals surface area contributed by atoms with Gasteiger partial charge in [-0.25, -0.2) is 0 Å². The van der Waals surface area contributed by atoms with Crippen molar-refractivity contribution in [2.24, 2.45) is 0 Å². The van der Waals surface area contributed by atoms with E-state index in [0.717, 1.165) is 22.8 Å². The Morgan fingerprint density at radius 3 is 3.29 bits per heavy atom. The molecule has 1 aromatic heterocycles. The van der Waals surface area contributed by atoms with Gasteiger partial charge in [0, 0.05) is 22.7 Å². The molecule has 14 heavy (non-hydrogen) atoms. The topological polar surface area (TPSA) is 38.1 Å². The van der Waals surface area contributed by atoms with Crippen molar-refractivity contribution in [3.05, 3.63) is 36.1 Å². The standard InChI is InChI=1S/C10H8N2OS/c1-2-4-9-8(3-1)11-5-7-6-13-12-10(7)14-9/h1-4,6,11H,5H2. The molecular weight excluding hydrogens is 196 g/mol. The molecule has 0 aliphatic carbocycles. The molecule has 70 valence electrons. The maximum absolute atomic E-state index is 4.93. The van der Waals surface area contributed by atoms with Crippen molar-refractivity contribution in [3.8, 4) is 0 Å². The van der Waals surface area contributed by atoms with Crippen molar-refractivity contribution < 1.29 is 4.52 Å². The minimum absolute atomic E-state index is 0.781. The fourth-order valence-corrected chi connectivity index (χ4v) is 2.38. The van der Waals surface area contributed by atoms with Crippen LogP contribution in [0.25, 0.3) is 0 Å². The third-order valence-corrected chi connectivity index (χ3v) is 3.27. The maximum Gasteiger partial charge on any atom is 0.149 e. The Morgan fingerprint density at radius 1 is 1.36 bits per heavy atom. The van der Waals surface area contributed by atoms with Gasteiger partial charge >= 0.3 is 0 Å². The minimum Gasteiger partial charge on any atom is -0.380 e. The number of benzene rings is 1. The minimum atomic E-state index is 0.781. The molecule has 0 amide bonds. The lowest BCUT2D eigenvalue weighted by atomic mass is 10.3. The first-order valence-corrected chi connectivity index (χ1v) is 5.19. The van der Waals surface area contributed by atoms with Crippen molar-refractivity contribution in [1.82, 2.24) is 5.16 Å². The lowest BCUT2D eigenvalue weighted by molar-refractivity contribution is 0.404. The van der Waals surface area contributed by atoms with Crippen LogP contribution in [-0.4, -0.2) is 5.16 Å². The van der Waals surface area contributed by atoms with Crippen LogP contribution in [0.4, 0.5) is 5.69 Å². The Bertz CT molecular complexity index is 467. The number of rotatable bonds is 0. The summed E-state index contributed by atoms with van der Waals surface area (Å²) in [6.45, 7) is 0.781. The fourth-order valence-electron chi connectivity index (χ4n) is 1.44. The number of fused-ring (bicyclic) bond motifs is 2. The van der Waals surface area contributed by atoms with E-state index in [0.29, 0.717) is 0 Å². The van der Waals surface area contributed by atoms with Crippen LogP contribution >= 0.6 is 11.8 Å². The third kappa shape index (κ3) is 1.19. The lowest BCUT2D eigenvalue weighted by Crippen LogP contribution is -1.96. The molecule has 1 aromatic carbocycles. The summed E-state index contributed by atoms with van der Waals surface area (Å²) in [4.78, 5) is 1.19. The van der Waals surface area contributed by atoms with E-state index in [2.05, 4.69) is 22.6 Å². The fraction of sp³-hybridized carbons (Fsp3) is 0.100. The van der Waals surface area contributed by atoms with Crippen LogP contribution in [0.1, 0.15) is 5.56 Å². The zero-order valence-corrected chi connectivity index (χ0v) is 8.17. The Morgan fingerprint density at radius 2 is 2.29 bits per heavy atom. The molecule has 1 aliphatic rings. The molecule has 0 bridgehead atoms. The van der Waals surface area contributed by atoms with Crippen LogP contribution < -0.4 is 5.32 Å². The highest BCUT2D eigenvalue weighted by atomic mass is 32.2. The monoisotopic (exact) mass is 204 g/mol. The van der Waals surface area contributed by atoms with Gasteiger partial charge in [-0.2, -0.15) is 0 Å². The normalized spacial score (nSPS) is 13.7. The summed E-state index contributed by atoms with van der Waals surface area (Å²) in [6, 6.07) is 8.21. The summed E-state index contributed by atoms with van der Waals surface area (Å²) in [5.74, 6) is 0. The van der Waals surface area contributed by atoms with Crippen LogP contribution in [-0.2, 0) is 6.54 Å². The second-order valence-electron chi connectivity index (χ2n) is 3.10. The van der Waals surface area contributed by atoms with Crippen LogP contribution in [0.2, 0.25) is 0 Å². The summed E-state index contributed by atoms with van der Waals surface area (Å²) >= 11 is 1.64. The van der Waals surface area contributed by atoms with E-state index in [9.17, 15) is 0 Å². The number of nitrogens with one attached hydrogen (secondary N) is 1. The number of aromatic nitrogens is 1. The first kappa shape index (κ1) is 7.94. The van der Waals surface area contributed by atoms with E-state index < -0.39 is 0 Å². The van der Waals surface area contributed by atoms with E-state index in [4.69, 9.17) is 4.52 Å². The number of para-hydroxylation sites is 1. The largest absolute Gasteiger partial charge is 0.380 e. The molecule has 0 atom stereocenters. The molecule has 2 heterocycles. The Kier molecular flexibility index (Phi) is 1.73. The van der Waals surface area contributed by atoms with Gasteiger partial charge in [0.1, 0.15) is 11.3 Å². The summed E-state index contributed by atoms with van der Waals surface area (Å²) in [5.41, 5.74) is 2.28. The molecule has 1 N–H and O–H groups in total. The SMILES string of the molecule is c1ccc2c(c1)NCc1conc1S2. The number of nitrogens with zero attached hydrogens (tertiary/aromatic N) is 1. The van der Waals surface area contributed by atoms with Crippen molar-refractivity contribution in [1.29, 1.82) is 0 Å². The predicted octanol–water partition coefficient (Wildman–Crippen LogP) is 2.75. The predicted molar refractivity (Wildman–Crippen MR) is 54.4 cm³/mol. The van der Waals surface area contributed by atoms with Gasteiger partial charge in [0.25, 0.3) is 0 Å². The Balaban J connectivity index is 2.10. The van der Waals surface area contributed by atoms with E-state index in [1.54, 1.807) is 18.0 Å². The second kappa shape index (κ2) is 3.06. The Hall–Kier alpha value is -1.42. The molecule has 3 nitrogen and oxygen atoms in total.